The minimum Gasteiger partial charge on any atom is -0.443 e. The van der Waals surface area contributed by atoms with Gasteiger partial charge in [0, 0.05) is 12.4 Å². The van der Waals surface area contributed by atoms with Crippen molar-refractivity contribution in [2.45, 2.75) is 13.2 Å². The molecule has 1 aromatic carbocycles. The molecule has 3 rings (SSSR count). The maximum Gasteiger partial charge on any atom is 0.414 e. The van der Waals surface area contributed by atoms with Crippen molar-refractivity contribution in [2.24, 2.45) is 0 Å². The molecule has 0 N–H and O–H groups in total. The molecule has 1 aliphatic rings. The number of ether oxygens (including phenoxy) is 1. The summed E-state index contributed by atoms with van der Waals surface area (Å²) in [6.45, 7) is 0.722. The predicted octanol–water partition coefficient (Wildman–Crippen LogP) is 3.20. The second kappa shape index (κ2) is 5.57. The van der Waals surface area contributed by atoms with Crippen molar-refractivity contribution < 1.29 is 9.53 Å². The summed E-state index contributed by atoms with van der Waals surface area (Å²) in [6, 6.07) is 13.5. The number of pyridine rings is 1. The van der Waals surface area contributed by atoms with Crippen molar-refractivity contribution in [2.75, 3.05) is 0 Å². The normalized spacial score (nSPS) is 12.9. The van der Waals surface area contributed by atoms with Crippen LogP contribution in [0.4, 0.5) is 4.79 Å². The molecule has 100 valence electrons. The van der Waals surface area contributed by atoms with Crippen molar-refractivity contribution in [1.82, 2.24) is 9.88 Å². The van der Waals surface area contributed by atoms with Crippen LogP contribution in [0.3, 0.4) is 0 Å². The smallest absolute Gasteiger partial charge is 0.414 e. The summed E-state index contributed by atoms with van der Waals surface area (Å²) in [7, 11) is 0. The van der Waals surface area contributed by atoms with Crippen LogP contribution >= 0.6 is 0 Å². The summed E-state index contributed by atoms with van der Waals surface area (Å²) in [4.78, 5) is 17.7. The molecule has 0 aliphatic carbocycles. The Balaban J connectivity index is 1.62. The summed E-state index contributed by atoms with van der Waals surface area (Å²) in [5.41, 5.74) is 2.99. The summed E-state index contributed by atoms with van der Waals surface area (Å²) in [5, 5.41) is 0. The van der Waals surface area contributed by atoms with Gasteiger partial charge in [-0.2, -0.15) is 0 Å². The number of hydrogen-bond acceptors (Lipinski definition) is 3. The molecule has 0 fully saturated rings. The Hall–Kier alpha value is -2.62. The fourth-order valence-corrected chi connectivity index (χ4v) is 2.07. The van der Waals surface area contributed by atoms with Gasteiger partial charge >= 0.3 is 6.09 Å². The second-order valence-corrected chi connectivity index (χ2v) is 4.52. The number of rotatable bonds is 2. The molecule has 2 aromatic rings. The number of amides is 1. The van der Waals surface area contributed by atoms with Crippen LogP contribution in [0.15, 0.2) is 54.9 Å². The molecular formula is C16H14N2O2. The van der Waals surface area contributed by atoms with E-state index in [1.807, 2.05) is 48.5 Å². The van der Waals surface area contributed by atoms with E-state index in [2.05, 4.69) is 4.98 Å². The topological polar surface area (TPSA) is 42.4 Å². The first-order valence-electron chi connectivity index (χ1n) is 6.42. The number of fused-ring (bicyclic) bond motifs is 1. The molecule has 0 saturated carbocycles. The molecule has 0 spiro atoms. The molecule has 0 radical (unpaired) electrons. The second-order valence-electron chi connectivity index (χ2n) is 4.52. The molecule has 4 nitrogen and oxygen atoms in total. The largest absolute Gasteiger partial charge is 0.443 e. The van der Waals surface area contributed by atoms with Gasteiger partial charge in [0.15, 0.2) is 0 Å². The lowest BCUT2D eigenvalue weighted by Gasteiger charge is -2.22. The van der Waals surface area contributed by atoms with E-state index in [9.17, 15) is 4.79 Å². The van der Waals surface area contributed by atoms with E-state index < -0.39 is 0 Å². The third-order valence-electron chi connectivity index (χ3n) is 3.13. The Kier molecular flexibility index (Phi) is 3.46. The average Bonchev–Trinajstić information content (AvgIpc) is 2.53. The molecule has 0 saturated heterocycles. The number of benzene rings is 1. The molecule has 0 unspecified atom stereocenters. The summed E-state index contributed by atoms with van der Waals surface area (Å²) >= 11 is 0. The number of aromatic nitrogens is 1. The van der Waals surface area contributed by atoms with Gasteiger partial charge in [-0.15, -0.1) is 0 Å². The zero-order valence-corrected chi connectivity index (χ0v) is 10.9. The maximum atomic E-state index is 12.0. The van der Waals surface area contributed by atoms with Gasteiger partial charge in [-0.1, -0.05) is 30.3 Å². The van der Waals surface area contributed by atoms with Crippen LogP contribution in [0.1, 0.15) is 16.8 Å². The van der Waals surface area contributed by atoms with Crippen LogP contribution in [-0.2, 0) is 17.9 Å². The molecule has 4 heteroatoms. The van der Waals surface area contributed by atoms with Crippen LogP contribution in [-0.4, -0.2) is 16.0 Å². The molecule has 2 heterocycles. The number of hydrogen-bond donors (Lipinski definition) is 0. The van der Waals surface area contributed by atoms with E-state index in [4.69, 9.17) is 4.74 Å². The lowest BCUT2D eigenvalue weighted by Crippen LogP contribution is -2.28. The third kappa shape index (κ3) is 2.69. The van der Waals surface area contributed by atoms with Crippen LogP contribution in [0, 0.1) is 0 Å². The first-order valence-corrected chi connectivity index (χ1v) is 6.42. The van der Waals surface area contributed by atoms with E-state index in [-0.39, 0.29) is 12.7 Å². The van der Waals surface area contributed by atoms with Crippen LogP contribution < -0.4 is 0 Å². The number of carbonyl (C=O) groups is 1. The molecule has 20 heavy (non-hydrogen) atoms. The van der Waals surface area contributed by atoms with Gasteiger partial charge in [-0.3, -0.25) is 9.88 Å². The van der Waals surface area contributed by atoms with E-state index in [1.54, 1.807) is 17.3 Å². The van der Waals surface area contributed by atoms with Gasteiger partial charge in [-0.05, 0) is 29.3 Å². The Morgan fingerprint density at radius 3 is 2.90 bits per heavy atom. The summed E-state index contributed by atoms with van der Waals surface area (Å²) < 4.78 is 5.26. The fraction of sp³-hybridized carbons (Fsp3) is 0.125. The molecule has 0 atom stereocenters. The fourth-order valence-electron chi connectivity index (χ4n) is 2.07. The van der Waals surface area contributed by atoms with Crippen molar-refractivity contribution >= 4 is 12.2 Å². The molecule has 1 aliphatic heterocycles. The zero-order chi connectivity index (χ0) is 13.8. The Bertz CT molecular complexity index is 638. The highest BCUT2D eigenvalue weighted by molar-refractivity contribution is 5.72. The van der Waals surface area contributed by atoms with Gasteiger partial charge in [0.2, 0.25) is 0 Å². The van der Waals surface area contributed by atoms with E-state index in [0.717, 1.165) is 16.8 Å². The molecule has 0 bridgehead atoms. The first kappa shape index (κ1) is 12.4. The van der Waals surface area contributed by atoms with Gasteiger partial charge in [0.05, 0.1) is 12.2 Å². The van der Waals surface area contributed by atoms with Crippen molar-refractivity contribution in [3.63, 3.8) is 0 Å². The summed E-state index contributed by atoms with van der Waals surface area (Å²) in [5.74, 6) is 0. The SMILES string of the molecule is O=C(OCc1ccccn1)N1C=Cc2ccccc2C1. The summed E-state index contributed by atoms with van der Waals surface area (Å²) in [6.07, 6.45) is 4.99. The van der Waals surface area contributed by atoms with Crippen LogP contribution in [0.25, 0.3) is 6.08 Å². The van der Waals surface area contributed by atoms with Gasteiger partial charge in [-0.25, -0.2) is 4.79 Å². The van der Waals surface area contributed by atoms with Gasteiger partial charge in [0.1, 0.15) is 6.61 Å². The quantitative estimate of drug-likeness (QED) is 0.838. The van der Waals surface area contributed by atoms with Crippen molar-refractivity contribution in [1.29, 1.82) is 0 Å². The average molecular weight is 266 g/mol. The highest BCUT2D eigenvalue weighted by Gasteiger charge is 2.17. The standard InChI is InChI=1S/C16H14N2O2/c19-16(20-12-15-7-3-4-9-17-15)18-10-8-13-5-1-2-6-14(13)11-18/h1-10H,11-12H2. The van der Waals surface area contributed by atoms with E-state index in [1.165, 1.54) is 0 Å². The molecular weight excluding hydrogens is 252 g/mol. The van der Waals surface area contributed by atoms with Crippen molar-refractivity contribution in [3.8, 4) is 0 Å². The number of carbonyl (C=O) groups excluding carboxylic acids is 1. The minimum atomic E-state index is -0.360. The molecule has 1 amide bonds. The number of nitrogens with zero attached hydrogens (tertiary/aromatic N) is 2. The lowest BCUT2D eigenvalue weighted by molar-refractivity contribution is 0.107. The van der Waals surface area contributed by atoms with Gasteiger partial charge in [0.25, 0.3) is 0 Å². The monoisotopic (exact) mass is 266 g/mol. The third-order valence-corrected chi connectivity index (χ3v) is 3.13. The predicted molar refractivity (Wildman–Crippen MR) is 75.4 cm³/mol. The van der Waals surface area contributed by atoms with Crippen molar-refractivity contribution in [3.05, 3.63) is 71.7 Å². The van der Waals surface area contributed by atoms with E-state index in [0.29, 0.717) is 6.54 Å². The Morgan fingerprint density at radius 2 is 2.05 bits per heavy atom. The highest BCUT2D eigenvalue weighted by atomic mass is 16.6. The first-order chi connectivity index (χ1) is 9.83. The van der Waals surface area contributed by atoms with Crippen LogP contribution in [0.2, 0.25) is 0 Å². The van der Waals surface area contributed by atoms with E-state index >= 15 is 0 Å². The van der Waals surface area contributed by atoms with Gasteiger partial charge < -0.3 is 4.74 Å². The highest BCUT2D eigenvalue weighted by Crippen LogP contribution is 2.19. The Morgan fingerprint density at radius 1 is 1.20 bits per heavy atom. The minimum absolute atomic E-state index is 0.186. The molecule has 1 aromatic heterocycles. The Labute approximate surface area is 117 Å². The lowest BCUT2D eigenvalue weighted by atomic mass is 10.1. The van der Waals surface area contributed by atoms with Crippen LogP contribution in [0.5, 0.6) is 0 Å². The zero-order valence-electron chi connectivity index (χ0n) is 10.9. The maximum absolute atomic E-state index is 12.0.